The van der Waals surface area contributed by atoms with Crippen LogP contribution in [-0.2, 0) is 14.3 Å². The Morgan fingerprint density at radius 1 is 1.27 bits per heavy atom. The lowest BCUT2D eigenvalue weighted by Gasteiger charge is -2.37. The van der Waals surface area contributed by atoms with E-state index >= 15 is 0 Å². The normalized spacial score (nSPS) is 24.7. The molecule has 2 heterocycles. The Bertz CT molecular complexity index is 228. The highest BCUT2D eigenvalue weighted by molar-refractivity contribution is 5.76. The molecule has 15 heavy (non-hydrogen) atoms. The molecule has 5 nitrogen and oxygen atoms in total. The Hall–Kier alpha value is -0.650. The molecular weight excluding hydrogens is 198 g/mol. The molecule has 2 rings (SSSR count). The van der Waals surface area contributed by atoms with Gasteiger partial charge in [-0.2, -0.15) is 0 Å². The topological polar surface area (TPSA) is 59.0 Å². The van der Waals surface area contributed by atoms with Gasteiger partial charge in [0.05, 0.1) is 19.8 Å². The summed E-state index contributed by atoms with van der Waals surface area (Å²) in [5, 5.41) is 8.68. The number of piperidine rings is 1. The molecule has 0 saturated carbocycles. The van der Waals surface area contributed by atoms with Gasteiger partial charge in [0.1, 0.15) is 0 Å². The molecule has 2 aliphatic heterocycles. The second-order valence-electron chi connectivity index (χ2n) is 3.96. The molecule has 2 aliphatic rings. The van der Waals surface area contributed by atoms with Crippen LogP contribution in [0.5, 0.6) is 0 Å². The van der Waals surface area contributed by atoms with Crippen molar-refractivity contribution in [3.63, 3.8) is 0 Å². The maximum absolute atomic E-state index is 11.5. The lowest BCUT2D eigenvalue weighted by molar-refractivity contribution is -0.187. The van der Waals surface area contributed by atoms with Crippen LogP contribution in [-0.4, -0.2) is 54.6 Å². The Kier molecular flexibility index (Phi) is 3.23. The van der Waals surface area contributed by atoms with Crippen molar-refractivity contribution >= 4 is 5.91 Å². The Morgan fingerprint density at radius 2 is 1.87 bits per heavy atom. The van der Waals surface area contributed by atoms with Gasteiger partial charge in [0.15, 0.2) is 5.79 Å². The number of amides is 1. The molecule has 2 fully saturated rings. The first-order chi connectivity index (χ1) is 7.26. The van der Waals surface area contributed by atoms with Crippen molar-refractivity contribution in [2.45, 2.75) is 25.0 Å². The third-order valence-corrected chi connectivity index (χ3v) is 3.02. The van der Waals surface area contributed by atoms with E-state index in [0.29, 0.717) is 26.3 Å². The number of nitrogens with zero attached hydrogens (tertiary/aromatic N) is 1. The number of aliphatic hydroxyl groups is 1. The Balaban J connectivity index is 1.83. The zero-order valence-corrected chi connectivity index (χ0v) is 8.78. The van der Waals surface area contributed by atoms with E-state index in [1.54, 1.807) is 4.90 Å². The van der Waals surface area contributed by atoms with Gasteiger partial charge in [0, 0.05) is 32.4 Å². The molecule has 2 saturated heterocycles. The van der Waals surface area contributed by atoms with E-state index in [1.165, 1.54) is 0 Å². The van der Waals surface area contributed by atoms with Crippen molar-refractivity contribution in [2.75, 3.05) is 32.9 Å². The van der Waals surface area contributed by atoms with Crippen molar-refractivity contribution in [3.05, 3.63) is 0 Å². The third kappa shape index (κ3) is 2.30. The number of carbonyl (C=O) groups excluding carboxylic acids is 1. The first-order valence-corrected chi connectivity index (χ1v) is 5.42. The van der Waals surface area contributed by atoms with Gasteiger partial charge >= 0.3 is 0 Å². The van der Waals surface area contributed by atoms with E-state index in [9.17, 15) is 4.79 Å². The summed E-state index contributed by atoms with van der Waals surface area (Å²) in [6.07, 6.45) is 1.70. The fourth-order valence-corrected chi connectivity index (χ4v) is 2.14. The molecule has 1 spiro atoms. The molecule has 0 aliphatic carbocycles. The minimum absolute atomic E-state index is 0.0188. The predicted molar refractivity (Wildman–Crippen MR) is 52.2 cm³/mol. The van der Waals surface area contributed by atoms with Crippen LogP contribution in [0.3, 0.4) is 0 Å². The summed E-state index contributed by atoms with van der Waals surface area (Å²) < 4.78 is 11.1. The van der Waals surface area contributed by atoms with Crippen molar-refractivity contribution in [1.82, 2.24) is 4.90 Å². The van der Waals surface area contributed by atoms with Gasteiger partial charge in [-0.25, -0.2) is 0 Å². The van der Waals surface area contributed by atoms with Crippen molar-refractivity contribution in [1.29, 1.82) is 0 Å². The second kappa shape index (κ2) is 4.47. The molecule has 0 radical (unpaired) electrons. The van der Waals surface area contributed by atoms with E-state index in [1.807, 2.05) is 0 Å². The minimum atomic E-state index is -0.421. The first-order valence-electron chi connectivity index (χ1n) is 5.42. The molecular formula is C10H17NO4. The number of rotatable bonds is 2. The molecule has 86 valence electrons. The number of ether oxygens (including phenoxy) is 2. The molecule has 1 N–H and O–H groups in total. The van der Waals surface area contributed by atoms with E-state index < -0.39 is 5.79 Å². The summed E-state index contributed by atoms with van der Waals surface area (Å²) in [5.74, 6) is -0.402. The summed E-state index contributed by atoms with van der Waals surface area (Å²) >= 11 is 0. The van der Waals surface area contributed by atoms with Crippen LogP contribution in [0, 0.1) is 0 Å². The van der Waals surface area contributed by atoms with Crippen molar-refractivity contribution in [2.24, 2.45) is 0 Å². The van der Waals surface area contributed by atoms with Crippen LogP contribution in [0.15, 0.2) is 0 Å². The van der Waals surface area contributed by atoms with E-state index in [4.69, 9.17) is 14.6 Å². The van der Waals surface area contributed by atoms with Crippen LogP contribution >= 0.6 is 0 Å². The van der Waals surface area contributed by atoms with Gasteiger partial charge in [-0.1, -0.05) is 0 Å². The van der Waals surface area contributed by atoms with Gasteiger partial charge in [0.2, 0.25) is 5.91 Å². The standard InChI is InChI=1S/C10H17NO4/c12-6-1-9(13)11-4-2-10(3-5-11)14-7-8-15-10/h12H,1-8H2. The Labute approximate surface area is 89.0 Å². The first kappa shape index (κ1) is 10.9. The summed E-state index contributed by atoms with van der Waals surface area (Å²) in [6.45, 7) is 2.57. The van der Waals surface area contributed by atoms with E-state index in [0.717, 1.165) is 12.8 Å². The van der Waals surface area contributed by atoms with Gasteiger partial charge in [-0.3, -0.25) is 4.79 Å². The fraction of sp³-hybridized carbons (Fsp3) is 0.900. The highest BCUT2D eigenvalue weighted by atomic mass is 16.7. The third-order valence-electron chi connectivity index (χ3n) is 3.02. The molecule has 0 bridgehead atoms. The van der Waals surface area contributed by atoms with Gasteiger partial charge in [0.25, 0.3) is 0 Å². The average molecular weight is 215 g/mol. The maximum atomic E-state index is 11.5. The van der Waals surface area contributed by atoms with Gasteiger partial charge in [-0.15, -0.1) is 0 Å². The zero-order chi connectivity index (χ0) is 10.7. The molecule has 0 atom stereocenters. The van der Waals surface area contributed by atoms with Gasteiger partial charge < -0.3 is 19.5 Å². The number of carbonyl (C=O) groups is 1. The Morgan fingerprint density at radius 3 is 2.40 bits per heavy atom. The SMILES string of the molecule is O=C(CCO)N1CCC2(CC1)OCCO2. The van der Waals surface area contributed by atoms with Crippen molar-refractivity contribution < 1.29 is 19.4 Å². The minimum Gasteiger partial charge on any atom is -0.396 e. The molecule has 1 amide bonds. The van der Waals surface area contributed by atoms with E-state index in [-0.39, 0.29) is 18.9 Å². The van der Waals surface area contributed by atoms with E-state index in [2.05, 4.69) is 0 Å². The lowest BCUT2D eigenvalue weighted by atomic mass is 10.0. The molecule has 0 unspecified atom stereocenters. The maximum Gasteiger partial charge on any atom is 0.224 e. The quantitative estimate of drug-likeness (QED) is 0.689. The summed E-state index contributed by atoms with van der Waals surface area (Å²) in [4.78, 5) is 13.3. The largest absolute Gasteiger partial charge is 0.396 e. The molecule has 0 aromatic carbocycles. The van der Waals surface area contributed by atoms with Crippen LogP contribution in [0.25, 0.3) is 0 Å². The van der Waals surface area contributed by atoms with Gasteiger partial charge in [-0.05, 0) is 0 Å². The monoisotopic (exact) mass is 215 g/mol. The fourth-order valence-electron chi connectivity index (χ4n) is 2.14. The summed E-state index contributed by atoms with van der Waals surface area (Å²) in [6, 6.07) is 0. The highest BCUT2D eigenvalue weighted by Crippen LogP contribution is 2.31. The molecule has 5 heteroatoms. The predicted octanol–water partition coefficient (Wildman–Crippen LogP) is -0.266. The van der Waals surface area contributed by atoms with Crippen molar-refractivity contribution in [3.8, 4) is 0 Å². The van der Waals surface area contributed by atoms with Crippen LogP contribution in [0.4, 0.5) is 0 Å². The molecule has 0 aromatic rings. The summed E-state index contributed by atoms with van der Waals surface area (Å²) in [5.41, 5.74) is 0. The average Bonchev–Trinajstić information content (AvgIpc) is 2.68. The van der Waals surface area contributed by atoms with Crippen LogP contribution in [0.2, 0.25) is 0 Å². The van der Waals surface area contributed by atoms with Crippen LogP contribution < -0.4 is 0 Å². The second-order valence-corrected chi connectivity index (χ2v) is 3.96. The lowest BCUT2D eigenvalue weighted by Crippen LogP contribution is -2.47. The zero-order valence-electron chi connectivity index (χ0n) is 8.78. The molecule has 0 aromatic heterocycles. The number of hydrogen-bond acceptors (Lipinski definition) is 4. The number of hydrogen-bond donors (Lipinski definition) is 1. The van der Waals surface area contributed by atoms with Crippen LogP contribution in [0.1, 0.15) is 19.3 Å². The smallest absolute Gasteiger partial charge is 0.224 e. The highest BCUT2D eigenvalue weighted by Gasteiger charge is 2.40. The number of aliphatic hydroxyl groups excluding tert-OH is 1. The summed E-state index contributed by atoms with van der Waals surface area (Å²) in [7, 11) is 0. The number of likely N-dealkylation sites (tertiary alicyclic amines) is 1.